The number of nitrogens with zero attached hydrogens (tertiary/aromatic N) is 4. The topological polar surface area (TPSA) is 46.0 Å². The summed E-state index contributed by atoms with van der Waals surface area (Å²) < 4.78 is 1.81. The van der Waals surface area contributed by atoms with Gasteiger partial charge in [-0.3, -0.25) is 4.68 Å². The molecule has 5 heteroatoms. The molecule has 16 heavy (non-hydrogen) atoms. The molecule has 0 amide bonds. The van der Waals surface area contributed by atoms with Crippen LogP contribution in [0, 0.1) is 0 Å². The zero-order chi connectivity index (χ0) is 11.2. The van der Waals surface area contributed by atoms with Crippen molar-refractivity contribution >= 4 is 0 Å². The van der Waals surface area contributed by atoms with Gasteiger partial charge in [-0.15, -0.1) is 5.10 Å². The Morgan fingerprint density at radius 1 is 1.38 bits per heavy atom. The maximum absolute atomic E-state index is 3.90. The lowest BCUT2D eigenvalue weighted by atomic mass is 10.3. The van der Waals surface area contributed by atoms with Crippen molar-refractivity contribution in [3.8, 4) is 0 Å². The van der Waals surface area contributed by atoms with Crippen LogP contribution in [0.3, 0.4) is 0 Å². The highest BCUT2D eigenvalue weighted by Crippen LogP contribution is 2.06. The molecular weight excluding hydrogens is 202 g/mol. The van der Waals surface area contributed by atoms with E-state index in [1.54, 1.807) is 0 Å². The van der Waals surface area contributed by atoms with Gasteiger partial charge in [-0.05, 0) is 45.4 Å². The average molecular weight is 223 g/mol. The predicted octanol–water partition coefficient (Wildman–Crippen LogP) is 0.391. The van der Waals surface area contributed by atoms with Crippen LogP contribution in [0.5, 0.6) is 0 Å². The first-order valence-corrected chi connectivity index (χ1v) is 6.13. The van der Waals surface area contributed by atoms with Crippen LogP contribution >= 0.6 is 0 Å². The molecule has 2 rings (SSSR count). The summed E-state index contributed by atoms with van der Waals surface area (Å²) in [5.74, 6) is 0. The number of nitrogens with one attached hydrogen (secondary N) is 1. The summed E-state index contributed by atoms with van der Waals surface area (Å²) >= 11 is 0. The van der Waals surface area contributed by atoms with E-state index in [0.717, 1.165) is 18.8 Å². The van der Waals surface area contributed by atoms with E-state index in [1.807, 2.05) is 17.9 Å². The van der Waals surface area contributed by atoms with Crippen molar-refractivity contribution in [1.82, 2.24) is 25.2 Å². The quantitative estimate of drug-likeness (QED) is 0.709. The number of likely N-dealkylation sites (tertiary alicyclic amines) is 1. The monoisotopic (exact) mass is 223 g/mol. The van der Waals surface area contributed by atoms with Crippen molar-refractivity contribution in [3.63, 3.8) is 0 Å². The van der Waals surface area contributed by atoms with E-state index in [9.17, 15) is 0 Å². The first-order valence-electron chi connectivity index (χ1n) is 6.13. The van der Waals surface area contributed by atoms with Crippen molar-refractivity contribution in [1.29, 1.82) is 0 Å². The molecule has 0 radical (unpaired) electrons. The number of rotatable bonds is 6. The molecule has 0 spiro atoms. The minimum Gasteiger partial charge on any atom is -0.311 e. The third-order valence-corrected chi connectivity index (χ3v) is 3.14. The summed E-state index contributed by atoms with van der Waals surface area (Å²) in [5.41, 5.74) is 1.14. The van der Waals surface area contributed by atoms with Crippen LogP contribution in [0.2, 0.25) is 0 Å². The van der Waals surface area contributed by atoms with Gasteiger partial charge in [0.15, 0.2) is 0 Å². The van der Waals surface area contributed by atoms with Gasteiger partial charge in [0.25, 0.3) is 0 Å². The van der Waals surface area contributed by atoms with Gasteiger partial charge in [-0.2, -0.15) is 0 Å². The van der Waals surface area contributed by atoms with Gasteiger partial charge in [0, 0.05) is 13.6 Å². The molecule has 1 saturated heterocycles. The third-order valence-electron chi connectivity index (χ3n) is 3.14. The number of hydrogen-bond donors (Lipinski definition) is 1. The van der Waals surface area contributed by atoms with Gasteiger partial charge in [0.05, 0.1) is 11.9 Å². The lowest BCUT2D eigenvalue weighted by Crippen LogP contribution is -2.25. The summed E-state index contributed by atoms with van der Waals surface area (Å²) in [6.07, 6.45) is 5.81. The van der Waals surface area contributed by atoms with E-state index in [4.69, 9.17) is 0 Å². The fourth-order valence-corrected chi connectivity index (χ4v) is 2.12. The van der Waals surface area contributed by atoms with Gasteiger partial charge in [-0.25, -0.2) is 0 Å². The molecule has 1 N–H and O–H groups in total. The molecule has 0 aromatic carbocycles. The van der Waals surface area contributed by atoms with E-state index in [1.165, 1.54) is 38.9 Å². The number of aryl methyl sites for hydroxylation is 1. The molecule has 1 aromatic heterocycles. The van der Waals surface area contributed by atoms with E-state index in [-0.39, 0.29) is 0 Å². The summed E-state index contributed by atoms with van der Waals surface area (Å²) in [6, 6.07) is 0. The smallest absolute Gasteiger partial charge is 0.0738 e. The Morgan fingerprint density at radius 3 is 2.88 bits per heavy atom. The highest BCUT2D eigenvalue weighted by Gasteiger charge is 2.09. The van der Waals surface area contributed by atoms with Crippen molar-refractivity contribution in [3.05, 3.63) is 11.9 Å². The predicted molar refractivity (Wildman–Crippen MR) is 63.0 cm³/mol. The van der Waals surface area contributed by atoms with Gasteiger partial charge in [-0.1, -0.05) is 5.21 Å². The van der Waals surface area contributed by atoms with Crippen LogP contribution in [-0.4, -0.2) is 46.1 Å². The number of hydrogen-bond acceptors (Lipinski definition) is 4. The van der Waals surface area contributed by atoms with E-state index >= 15 is 0 Å². The molecule has 90 valence electrons. The lowest BCUT2D eigenvalue weighted by Gasteiger charge is -2.14. The molecule has 0 unspecified atom stereocenters. The first kappa shape index (κ1) is 11.5. The molecule has 0 bridgehead atoms. The third kappa shape index (κ3) is 3.28. The number of aromatic nitrogens is 3. The zero-order valence-electron chi connectivity index (χ0n) is 10.0. The van der Waals surface area contributed by atoms with Crippen molar-refractivity contribution < 1.29 is 0 Å². The summed E-state index contributed by atoms with van der Waals surface area (Å²) in [5, 5.41) is 11.2. The Balaban J connectivity index is 1.53. The molecule has 5 nitrogen and oxygen atoms in total. The molecule has 2 heterocycles. The standard InChI is InChI=1S/C11H21N5/c1-15-11(10-13-14-15)9-12-5-4-8-16-6-2-3-7-16/h10,12H,2-9H2,1H3. The van der Waals surface area contributed by atoms with Crippen LogP contribution in [0.4, 0.5) is 0 Å². The molecule has 0 saturated carbocycles. The first-order chi connectivity index (χ1) is 7.86. The van der Waals surface area contributed by atoms with E-state index < -0.39 is 0 Å². The Kier molecular flexibility index (Phi) is 4.30. The van der Waals surface area contributed by atoms with Crippen LogP contribution in [0.25, 0.3) is 0 Å². The minimum absolute atomic E-state index is 0.865. The van der Waals surface area contributed by atoms with Crippen LogP contribution in [-0.2, 0) is 13.6 Å². The van der Waals surface area contributed by atoms with E-state index in [0.29, 0.717) is 0 Å². The fraction of sp³-hybridized carbons (Fsp3) is 0.818. The maximum atomic E-state index is 3.90. The van der Waals surface area contributed by atoms with Gasteiger partial charge >= 0.3 is 0 Å². The largest absolute Gasteiger partial charge is 0.311 e. The zero-order valence-corrected chi connectivity index (χ0v) is 10.0. The maximum Gasteiger partial charge on any atom is 0.0738 e. The SMILES string of the molecule is Cn1nncc1CNCCCN1CCCC1. The second-order valence-corrected chi connectivity index (χ2v) is 4.43. The average Bonchev–Trinajstić information content (AvgIpc) is 2.90. The van der Waals surface area contributed by atoms with Gasteiger partial charge < -0.3 is 10.2 Å². The highest BCUT2D eigenvalue weighted by atomic mass is 15.4. The van der Waals surface area contributed by atoms with Crippen molar-refractivity contribution in [2.45, 2.75) is 25.8 Å². The van der Waals surface area contributed by atoms with E-state index in [2.05, 4.69) is 20.5 Å². The summed E-state index contributed by atoms with van der Waals surface area (Å²) in [6.45, 7) is 5.76. The second kappa shape index (κ2) is 5.96. The Bertz CT molecular complexity index is 303. The molecular formula is C11H21N5. The molecule has 0 atom stereocenters. The van der Waals surface area contributed by atoms with Crippen molar-refractivity contribution in [2.75, 3.05) is 26.2 Å². The Labute approximate surface area is 96.8 Å². The van der Waals surface area contributed by atoms with Crippen molar-refractivity contribution in [2.24, 2.45) is 7.05 Å². The highest BCUT2D eigenvalue weighted by molar-refractivity contribution is 4.91. The second-order valence-electron chi connectivity index (χ2n) is 4.43. The van der Waals surface area contributed by atoms with Crippen LogP contribution in [0.1, 0.15) is 25.0 Å². The van der Waals surface area contributed by atoms with Gasteiger partial charge in [0.2, 0.25) is 0 Å². The Hall–Kier alpha value is -0.940. The summed E-state index contributed by atoms with van der Waals surface area (Å²) in [7, 11) is 1.92. The lowest BCUT2D eigenvalue weighted by molar-refractivity contribution is 0.330. The molecule has 1 aliphatic heterocycles. The summed E-state index contributed by atoms with van der Waals surface area (Å²) in [4.78, 5) is 2.55. The van der Waals surface area contributed by atoms with Crippen LogP contribution in [0.15, 0.2) is 6.20 Å². The molecule has 1 aliphatic rings. The van der Waals surface area contributed by atoms with Crippen LogP contribution < -0.4 is 5.32 Å². The normalized spacial score (nSPS) is 17.1. The molecule has 1 aromatic rings. The minimum atomic E-state index is 0.865. The molecule has 0 aliphatic carbocycles. The van der Waals surface area contributed by atoms with Gasteiger partial charge in [0.1, 0.15) is 0 Å². The fourth-order valence-electron chi connectivity index (χ4n) is 2.12. The molecule has 1 fully saturated rings. The Morgan fingerprint density at radius 2 is 2.19 bits per heavy atom.